The summed E-state index contributed by atoms with van der Waals surface area (Å²) in [6, 6.07) is 3.18. The van der Waals surface area contributed by atoms with Gasteiger partial charge in [-0.3, -0.25) is 4.79 Å². The Labute approximate surface area is 122 Å². The first-order valence-electron chi connectivity index (χ1n) is 5.75. The zero-order valence-electron chi connectivity index (χ0n) is 10.9. The van der Waals surface area contributed by atoms with Gasteiger partial charge in [-0.05, 0) is 17.7 Å². The number of nitrogen functional groups attached to an aromatic ring is 1. The second kappa shape index (κ2) is 7.01. The third-order valence-corrected chi connectivity index (χ3v) is 3.34. The number of ether oxygens (including phenoxy) is 1. The maximum absolute atomic E-state index is 12.1. The van der Waals surface area contributed by atoms with Gasteiger partial charge in [0.1, 0.15) is 6.10 Å². The second-order valence-corrected chi connectivity index (χ2v) is 5.36. The Balaban J connectivity index is 2.80. The lowest BCUT2D eigenvalue weighted by atomic mass is 10.0. The van der Waals surface area contributed by atoms with Gasteiger partial charge < -0.3 is 20.7 Å². The van der Waals surface area contributed by atoms with E-state index in [4.69, 9.17) is 5.73 Å². The minimum atomic E-state index is -4.87. The van der Waals surface area contributed by atoms with Crippen LogP contribution in [0.5, 0.6) is 5.75 Å². The molecule has 4 N–H and O–H groups in total. The molecule has 0 aliphatic carbocycles. The molecule has 0 saturated carbocycles. The van der Waals surface area contributed by atoms with E-state index >= 15 is 0 Å². The van der Waals surface area contributed by atoms with Crippen LogP contribution in [0.2, 0.25) is 0 Å². The van der Waals surface area contributed by atoms with E-state index in [1.807, 2.05) is 0 Å². The first kappa shape index (κ1) is 17.6. The van der Waals surface area contributed by atoms with Crippen molar-refractivity contribution in [2.24, 2.45) is 0 Å². The average Bonchev–Trinajstić information content (AvgIpc) is 2.36. The SMILES string of the molecule is CC(=O)SCC(O)C(O)c1ccc(OC(F)(F)F)c(N)c1. The number of nitrogens with two attached hydrogens (primary N) is 1. The van der Waals surface area contributed by atoms with Gasteiger partial charge >= 0.3 is 6.36 Å². The van der Waals surface area contributed by atoms with Gasteiger partial charge in [0.15, 0.2) is 10.9 Å². The van der Waals surface area contributed by atoms with Crippen LogP contribution >= 0.6 is 11.8 Å². The van der Waals surface area contributed by atoms with E-state index in [0.29, 0.717) is 0 Å². The molecule has 0 saturated heterocycles. The highest BCUT2D eigenvalue weighted by Crippen LogP contribution is 2.31. The maximum Gasteiger partial charge on any atom is 0.573 e. The molecule has 5 nitrogen and oxygen atoms in total. The number of anilines is 1. The molecule has 0 spiro atoms. The smallest absolute Gasteiger partial charge is 0.404 e. The van der Waals surface area contributed by atoms with Gasteiger partial charge in [0, 0.05) is 12.7 Å². The summed E-state index contributed by atoms with van der Waals surface area (Å²) in [6.45, 7) is 1.31. The molecule has 21 heavy (non-hydrogen) atoms. The van der Waals surface area contributed by atoms with Gasteiger partial charge in [0.25, 0.3) is 0 Å². The summed E-state index contributed by atoms with van der Waals surface area (Å²) in [5, 5.41) is 19.3. The molecular formula is C12H14F3NO4S. The molecule has 0 aromatic heterocycles. The van der Waals surface area contributed by atoms with Crippen LogP contribution in [-0.2, 0) is 4.79 Å². The van der Waals surface area contributed by atoms with Crippen LogP contribution in [0.1, 0.15) is 18.6 Å². The Morgan fingerprint density at radius 3 is 2.52 bits per heavy atom. The minimum absolute atomic E-state index is 0.0444. The number of alkyl halides is 3. The van der Waals surface area contributed by atoms with Crippen LogP contribution in [0.25, 0.3) is 0 Å². The van der Waals surface area contributed by atoms with Crippen LogP contribution in [0.3, 0.4) is 0 Å². The lowest BCUT2D eigenvalue weighted by Crippen LogP contribution is -2.22. The van der Waals surface area contributed by atoms with Crippen LogP contribution in [0, 0.1) is 0 Å². The fourth-order valence-electron chi connectivity index (χ4n) is 1.48. The summed E-state index contributed by atoms with van der Waals surface area (Å²) in [6.07, 6.45) is -7.50. The number of aliphatic hydroxyl groups excluding tert-OH is 2. The Bertz CT molecular complexity index is 510. The van der Waals surface area contributed by atoms with Crippen molar-refractivity contribution in [3.63, 3.8) is 0 Å². The van der Waals surface area contributed by atoms with Gasteiger partial charge in [-0.25, -0.2) is 0 Å². The van der Waals surface area contributed by atoms with Crippen molar-refractivity contribution in [2.45, 2.75) is 25.5 Å². The zero-order valence-corrected chi connectivity index (χ0v) is 11.7. The first-order chi connectivity index (χ1) is 9.60. The maximum atomic E-state index is 12.1. The molecule has 118 valence electrons. The molecule has 0 bridgehead atoms. The minimum Gasteiger partial charge on any atom is -0.404 e. The molecule has 0 aliphatic heterocycles. The van der Waals surface area contributed by atoms with Crippen molar-refractivity contribution >= 4 is 22.6 Å². The number of thioether (sulfide) groups is 1. The highest BCUT2D eigenvalue weighted by Gasteiger charge is 2.32. The average molecular weight is 325 g/mol. The number of carbonyl (C=O) groups excluding carboxylic acids is 1. The van der Waals surface area contributed by atoms with E-state index < -0.39 is 24.3 Å². The van der Waals surface area contributed by atoms with E-state index in [9.17, 15) is 28.2 Å². The van der Waals surface area contributed by atoms with Crippen molar-refractivity contribution < 1.29 is 32.9 Å². The molecule has 2 atom stereocenters. The van der Waals surface area contributed by atoms with Crippen LogP contribution in [0.15, 0.2) is 18.2 Å². The Morgan fingerprint density at radius 2 is 2.05 bits per heavy atom. The lowest BCUT2D eigenvalue weighted by molar-refractivity contribution is -0.274. The highest BCUT2D eigenvalue weighted by atomic mass is 32.2. The third kappa shape index (κ3) is 5.82. The standard InChI is InChI=1S/C12H14F3NO4S/c1-6(17)21-5-9(18)11(19)7-2-3-10(8(16)4-7)20-12(13,14)15/h2-4,9,11,18-19H,5,16H2,1H3. The molecule has 9 heteroatoms. The van der Waals surface area contributed by atoms with E-state index in [1.165, 1.54) is 6.92 Å². The lowest BCUT2D eigenvalue weighted by Gasteiger charge is -2.19. The molecule has 1 aromatic rings. The molecule has 2 unspecified atom stereocenters. The number of halogens is 3. The number of hydrogen-bond donors (Lipinski definition) is 3. The monoisotopic (exact) mass is 325 g/mol. The van der Waals surface area contributed by atoms with Gasteiger partial charge in [-0.15, -0.1) is 13.2 Å². The Morgan fingerprint density at radius 1 is 1.43 bits per heavy atom. The fourth-order valence-corrected chi connectivity index (χ4v) is 2.07. The number of aliphatic hydroxyl groups is 2. The van der Waals surface area contributed by atoms with Crippen molar-refractivity contribution in [1.82, 2.24) is 0 Å². The summed E-state index contributed by atoms with van der Waals surface area (Å²) in [5.74, 6) is -0.636. The van der Waals surface area contributed by atoms with Crippen LogP contribution in [-0.4, -0.2) is 33.5 Å². The summed E-state index contributed by atoms with van der Waals surface area (Å²) in [5.41, 5.74) is 5.21. The number of hydrogen-bond acceptors (Lipinski definition) is 6. The highest BCUT2D eigenvalue weighted by molar-refractivity contribution is 8.13. The van der Waals surface area contributed by atoms with Gasteiger partial charge in [0.05, 0.1) is 11.8 Å². The third-order valence-electron chi connectivity index (χ3n) is 2.42. The molecule has 1 aromatic carbocycles. The van der Waals surface area contributed by atoms with E-state index in [-0.39, 0.29) is 22.1 Å². The molecule has 0 heterocycles. The number of rotatable bonds is 5. The number of carbonyl (C=O) groups is 1. The predicted octanol–water partition coefficient (Wildman–Crippen LogP) is 1.84. The fraction of sp³-hybridized carbons (Fsp3) is 0.417. The molecule has 0 fully saturated rings. The molecular weight excluding hydrogens is 311 g/mol. The Hall–Kier alpha value is -1.45. The van der Waals surface area contributed by atoms with Crippen molar-refractivity contribution in [3.8, 4) is 5.75 Å². The second-order valence-electron chi connectivity index (χ2n) is 4.16. The van der Waals surface area contributed by atoms with E-state index in [2.05, 4.69) is 4.74 Å². The Kier molecular flexibility index (Phi) is 5.87. The summed E-state index contributed by atoms with van der Waals surface area (Å²) in [4.78, 5) is 10.8. The summed E-state index contributed by atoms with van der Waals surface area (Å²) in [7, 11) is 0. The molecule has 0 aliphatic rings. The quantitative estimate of drug-likeness (QED) is 0.716. The van der Waals surface area contributed by atoms with Crippen LogP contribution in [0.4, 0.5) is 18.9 Å². The van der Waals surface area contributed by atoms with E-state index in [1.54, 1.807) is 0 Å². The normalized spacial score (nSPS) is 14.6. The summed E-state index contributed by atoms with van der Waals surface area (Å²) < 4.78 is 39.9. The van der Waals surface area contributed by atoms with Crippen LogP contribution < -0.4 is 10.5 Å². The van der Waals surface area contributed by atoms with Gasteiger partial charge in [0.2, 0.25) is 0 Å². The van der Waals surface area contributed by atoms with E-state index in [0.717, 1.165) is 30.0 Å². The molecule has 0 radical (unpaired) electrons. The van der Waals surface area contributed by atoms with Crippen molar-refractivity contribution in [2.75, 3.05) is 11.5 Å². The molecule has 1 rings (SSSR count). The first-order valence-corrected chi connectivity index (χ1v) is 6.73. The largest absolute Gasteiger partial charge is 0.573 e. The number of benzene rings is 1. The predicted molar refractivity (Wildman–Crippen MR) is 71.6 cm³/mol. The van der Waals surface area contributed by atoms with Gasteiger partial charge in [-0.1, -0.05) is 17.8 Å². The summed E-state index contributed by atoms with van der Waals surface area (Å²) >= 11 is 0.824. The molecule has 0 amide bonds. The van der Waals surface area contributed by atoms with Crippen molar-refractivity contribution in [3.05, 3.63) is 23.8 Å². The topological polar surface area (TPSA) is 92.8 Å². The van der Waals surface area contributed by atoms with Crippen molar-refractivity contribution in [1.29, 1.82) is 0 Å². The van der Waals surface area contributed by atoms with Gasteiger partial charge in [-0.2, -0.15) is 0 Å². The zero-order chi connectivity index (χ0) is 16.2.